The molecule has 2 aromatic rings. The third-order valence-electron chi connectivity index (χ3n) is 2.07. The summed E-state index contributed by atoms with van der Waals surface area (Å²) >= 11 is 5.87. The zero-order chi connectivity index (χ0) is 9.97. The summed E-state index contributed by atoms with van der Waals surface area (Å²) in [5.41, 5.74) is 0.972. The van der Waals surface area contributed by atoms with Gasteiger partial charge < -0.3 is 4.79 Å². The number of carbonyl (C=O) groups is 1. The van der Waals surface area contributed by atoms with E-state index in [1.807, 2.05) is 18.2 Å². The van der Waals surface area contributed by atoms with Crippen LogP contribution in [0.15, 0.2) is 24.4 Å². The smallest absolute Gasteiger partial charge is 0.121 e. The van der Waals surface area contributed by atoms with E-state index >= 15 is 0 Å². The first-order valence-corrected chi connectivity index (χ1v) is 4.74. The fourth-order valence-electron chi connectivity index (χ4n) is 1.40. The Morgan fingerprint density at radius 1 is 1.50 bits per heavy atom. The molecule has 1 aromatic heterocycles. The summed E-state index contributed by atoms with van der Waals surface area (Å²) in [5.74, 6) is 0. The molecule has 0 aliphatic rings. The van der Waals surface area contributed by atoms with Gasteiger partial charge in [-0.15, -0.1) is 0 Å². The lowest BCUT2D eigenvalue weighted by Gasteiger charge is -1.99. The van der Waals surface area contributed by atoms with Crippen molar-refractivity contribution in [1.82, 2.24) is 9.78 Å². The van der Waals surface area contributed by atoms with Gasteiger partial charge in [0.1, 0.15) is 6.29 Å². The van der Waals surface area contributed by atoms with E-state index < -0.39 is 0 Å². The molecule has 0 amide bonds. The largest absolute Gasteiger partial charge is 0.303 e. The number of aldehydes is 1. The second-order valence-electron chi connectivity index (χ2n) is 3.03. The Kier molecular flexibility index (Phi) is 2.50. The fraction of sp³-hybridized carbons (Fsp3) is 0.200. The van der Waals surface area contributed by atoms with Crippen LogP contribution in [-0.4, -0.2) is 16.1 Å². The van der Waals surface area contributed by atoms with Crippen molar-refractivity contribution in [2.24, 2.45) is 0 Å². The van der Waals surface area contributed by atoms with E-state index in [0.717, 1.165) is 17.2 Å². The van der Waals surface area contributed by atoms with E-state index in [4.69, 9.17) is 11.6 Å². The lowest BCUT2D eigenvalue weighted by molar-refractivity contribution is -0.108. The highest BCUT2D eigenvalue weighted by Gasteiger charge is 2.02. The summed E-state index contributed by atoms with van der Waals surface area (Å²) < 4.78 is 1.79. The van der Waals surface area contributed by atoms with Crippen LogP contribution in [0.25, 0.3) is 10.9 Å². The summed E-state index contributed by atoms with van der Waals surface area (Å²) in [7, 11) is 0. The molecular weight excluding hydrogens is 200 g/mol. The van der Waals surface area contributed by atoms with Gasteiger partial charge >= 0.3 is 0 Å². The average Bonchev–Trinajstić information content (AvgIpc) is 2.57. The van der Waals surface area contributed by atoms with Crippen LogP contribution in [0.1, 0.15) is 6.42 Å². The number of hydrogen-bond acceptors (Lipinski definition) is 2. The zero-order valence-corrected chi connectivity index (χ0v) is 8.24. The molecule has 0 saturated heterocycles. The molecule has 0 aliphatic carbocycles. The predicted molar refractivity (Wildman–Crippen MR) is 55.4 cm³/mol. The minimum absolute atomic E-state index is 0.475. The highest BCUT2D eigenvalue weighted by Crippen LogP contribution is 2.18. The van der Waals surface area contributed by atoms with Crippen molar-refractivity contribution in [3.63, 3.8) is 0 Å². The van der Waals surface area contributed by atoms with Crippen molar-refractivity contribution in [3.05, 3.63) is 29.4 Å². The maximum atomic E-state index is 10.2. The van der Waals surface area contributed by atoms with Crippen LogP contribution in [0.5, 0.6) is 0 Å². The molecule has 0 atom stereocenters. The molecule has 0 unspecified atom stereocenters. The van der Waals surface area contributed by atoms with Gasteiger partial charge in [0.15, 0.2) is 0 Å². The number of aryl methyl sites for hydroxylation is 1. The van der Waals surface area contributed by atoms with E-state index in [1.54, 1.807) is 10.9 Å². The maximum absolute atomic E-state index is 10.2. The Bertz CT molecular complexity index is 464. The number of nitrogens with zero attached hydrogens (tertiary/aromatic N) is 2. The molecule has 0 spiro atoms. The van der Waals surface area contributed by atoms with E-state index in [-0.39, 0.29) is 0 Å². The van der Waals surface area contributed by atoms with Gasteiger partial charge in [0.2, 0.25) is 0 Å². The normalized spacial score (nSPS) is 10.6. The van der Waals surface area contributed by atoms with Crippen LogP contribution < -0.4 is 0 Å². The number of carbonyl (C=O) groups excluding carboxylic acids is 1. The Morgan fingerprint density at radius 3 is 3.14 bits per heavy atom. The highest BCUT2D eigenvalue weighted by molar-refractivity contribution is 6.31. The molecule has 0 bridgehead atoms. The van der Waals surface area contributed by atoms with Gasteiger partial charge in [0.25, 0.3) is 0 Å². The maximum Gasteiger partial charge on any atom is 0.121 e. The molecule has 3 nitrogen and oxygen atoms in total. The van der Waals surface area contributed by atoms with Crippen molar-refractivity contribution in [3.8, 4) is 0 Å². The van der Waals surface area contributed by atoms with Crippen molar-refractivity contribution in [2.45, 2.75) is 13.0 Å². The highest BCUT2D eigenvalue weighted by atomic mass is 35.5. The molecule has 2 rings (SSSR count). The first-order chi connectivity index (χ1) is 6.81. The second-order valence-corrected chi connectivity index (χ2v) is 3.46. The fourth-order valence-corrected chi connectivity index (χ4v) is 1.56. The Balaban J connectivity index is 2.44. The molecule has 14 heavy (non-hydrogen) atoms. The van der Waals surface area contributed by atoms with Crippen LogP contribution in [-0.2, 0) is 11.3 Å². The van der Waals surface area contributed by atoms with Crippen molar-refractivity contribution in [1.29, 1.82) is 0 Å². The molecular formula is C10H9ClN2O. The van der Waals surface area contributed by atoms with Gasteiger partial charge in [0, 0.05) is 23.4 Å². The second kappa shape index (κ2) is 3.80. The number of rotatable bonds is 3. The molecule has 0 aliphatic heterocycles. The van der Waals surface area contributed by atoms with Crippen LogP contribution in [0.2, 0.25) is 5.02 Å². The van der Waals surface area contributed by atoms with Gasteiger partial charge in [-0.05, 0) is 18.2 Å². The Hall–Kier alpha value is -1.35. The molecule has 4 heteroatoms. The molecule has 1 heterocycles. The summed E-state index contributed by atoms with van der Waals surface area (Å²) in [4.78, 5) is 10.2. The first kappa shape index (κ1) is 9.21. The summed E-state index contributed by atoms with van der Waals surface area (Å²) in [6.45, 7) is 0.605. The van der Waals surface area contributed by atoms with E-state index in [0.29, 0.717) is 18.0 Å². The Morgan fingerprint density at radius 2 is 2.36 bits per heavy atom. The number of benzene rings is 1. The number of halogens is 1. The van der Waals surface area contributed by atoms with Gasteiger partial charge in [-0.3, -0.25) is 4.68 Å². The summed E-state index contributed by atoms with van der Waals surface area (Å²) in [5, 5.41) is 5.90. The Labute approximate surface area is 86.3 Å². The van der Waals surface area contributed by atoms with Crippen molar-refractivity contribution >= 4 is 28.8 Å². The lowest BCUT2D eigenvalue weighted by Crippen LogP contribution is -1.99. The van der Waals surface area contributed by atoms with E-state index in [1.165, 1.54) is 0 Å². The van der Waals surface area contributed by atoms with Gasteiger partial charge in [-0.2, -0.15) is 5.10 Å². The SMILES string of the molecule is O=CCCn1ncc2ccc(Cl)cc21. The van der Waals surface area contributed by atoms with Gasteiger partial charge in [-0.1, -0.05) is 11.6 Å². The lowest BCUT2D eigenvalue weighted by atomic mass is 10.2. The molecule has 72 valence electrons. The minimum Gasteiger partial charge on any atom is -0.303 e. The molecule has 0 radical (unpaired) electrons. The van der Waals surface area contributed by atoms with Gasteiger partial charge in [0.05, 0.1) is 11.7 Å². The first-order valence-electron chi connectivity index (χ1n) is 4.36. The zero-order valence-electron chi connectivity index (χ0n) is 7.48. The van der Waals surface area contributed by atoms with Crippen LogP contribution >= 0.6 is 11.6 Å². The third-order valence-corrected chi connectivity index (χ3v) is 2.30. The molecule has 0 saturated carbocycles. The number of fused-ring (bicyclic) bond motifs is 1. The summed E-state index contributed by atoms with van der Waals surface area (Å²) in [6, 6.07) is 5.60. The predicted octanol–water partition coefficient (Wildman–Crippen LogP) is 2.28. The third kappa shape index (κ3) is 1.63. The molecule has 0 fully saturated rings. The van der Waals surface area contributed by atoms with Crippen molar-refractivity contribution < 1.29 is 4.79 Å². The number of hydrogen-bond donors (Lipinski definition) is 0. The average molecular weight is 209 g/mol. The van der Waals surface area contributed by atoms with Crippen LogP contribution in [0, 0.1) is 0 Å². The quantitative estimate of drug-likeness (QED) is 0.726. The molecule has 1 aromatic carbocycles. The standard InChI is InChI=1S/C10H9ClN2O/c11-9-3-2-8-7-12-13(4-1-5-14)10(8)6-9/h2-3,5-7H,1,4H2. The topological polar surface area (TPSA) is 34.9 Å². The van der Waals surface area contributed by atoms with Crippen LogP contribution in [0.3, 0.4) is 0 Å². The van der Waals surface area contributed by atoms with Gasteiger partial charge in [-0.25, -0.2) is 0 Å². The monoisotopic (exact) mass is 208 g/mol. The van der Waals surface area contributed by atoms with Crippen molar-refractivity contribution in [2.75, 3.05) is 0 Å². The number of aromatic nitrogens is 2. The molecule has 0 N–H and O–H groups in total. The van der Waals surface area contributed by atoms with E-state index in [2.05, 4.69) is 5.10 Å². The summed E-state index contributed by atoms with van der Waals surface area (Å²) in [6.07, 6.45) is 3.14. The van der Waals surface area contributed by atoms with E-state index in [9.17, 15) is 4.79 Å². The minimum atomic E-state index is 0.475. The van der Waals surface area contributed by atoms with Crippen LogP contribution in [0.4, 0.5) is 0 Å².